The molecule has 1 heterocycles. The van der Waals surface area contributed by atoms with Gasteiger partial charge in [0.15, 0.2) is 0 Å². The van der Waals surface area contributed by atoms with Crippen LogP contribution >= 0.6 is 0 Å². The Morgan fingerprint density at radius 3 is 2.46 bits per heavy atom. The zero-order chi connectivity index (χ0) is 19.8. The molecule has 0 N–H and O–H groups in total. The predicted octanol–water partition coefficient (Wildman–Crippen LogP) is 4.53. The fourth-order valence-electron chi connectivity index (χ4n) is 3.83. The van der Waals surface area contributed by atoms with Gasteiger partial charge in [-0.25, -0.2) is 0 Å². The normalized spacial score (nSPS) is 20.1. The SMILES string of the molecule is C=CC(CC(=O)N1C(OC)CC[C@H]1COCc1ccccc1)c1ccccc1. The molecule has 0 aromatic heterocycles. The van der Waals surface area contributed by atoms with Crippen LogP contribution in [0.25, 0.3) is 0 Å². The van der Waals surface area contributed by atoms with Crippen LogP contribution in [0.4, 0.5) is 0 Å². The summed E-state index contributed by atoms with van der Waals surface area (Å²) in [6.07, 6.45) is 3.79. The first-order valence-electron chi connectivity index (χ1n) is 9.86. The summed E-state index contributed by atoms with van der Waals surface area (Å²) >= 11 is 0. The fourth-order valence-corrected chi connectivity index (χ4v) is 3.83. The highest BCUT2D eigenvalue weighted by atomic mass is 16.5. The van der Waals surface area contributed by atoms with Crippen molar-refractivity contribution < 1.29 is 14.3 Å². The van der Waals surface area contributed by atoms with E-state index in [1.165, 1.54) is 0 Å². The lowest BCUT2D eigenvalue weighted by molar-refractivity contribution is -0.145. The molecule has 4 heteroatoms. The summed E-state index contributed by atoms with van der Waals surface area (Å²) in [5.74, 6) is 0.0871. The van der Waals surface area contributed by atoms with Crippen LogP contribution in [0.5, 0.6) is 0 Å². The molecule has 1 aliphatic heterocycles. The summed E-state index contributed by atoms with van der Waals surface area (Å²) in [4.78, 5) is 15.0. The summed E-state index contributed by atoms with van der Waals surface area (Å²) in [5.41, 5.74) is 2.24. The van der Waals surface area contributed by atoms with Crippen molar-refractivity contribution in [1.82, 2.24) is 4.90 Å². The first-order valence-corrected chi connectivity index (χ1v) is 9.86. The highest BCUT2D eigenvalue weighted by molar-refractivity contribution is 5.78. The number of likely N-dealkylation sites (tertiary alicyclic amines) is 1. The van der Waals surface area contributed by atoms with Crippen LogP contribution in [-0.4, -0.2) is 36.8 Å². The van der Waals surface area contributed by atoms with Crippen LogP contribution in [0.2, 0.25) is 0 Å². The van der Waals surface area contributed by atoms with E-state index >= 15 is 0 Å². The topological polar surface area (TPSA) is 38.8 Å². The Balaban J connectivity index is 1.62. The van der Waals surface area contributed by atoms with E-state index in [0.29, 0.717) is 19.6 Å². The van der Waals surface area contributed by atoms with Crippen molar-refractivity contribution in [3.05, 3.63) is 84.4 Å². The number of rotatable bonds is 9. The van der Waals surface area contributed by atoms with Crippen molar-refractivity contribution in [3.8, 4) is 0 Å². The molecule has 3 atom stereocenters. The molecule has 2 unspecified atom stereocenters. The molecule has 0 spiro atoms. The Morgan fingerprint density at radius 2 is 1.82 bits per heavy atom. The smallest absolute Gasteiger partial charge is 0.225 e. The molecule has 1 fully saturated rings. The summed E-state index contributed by atoms with van der Waals surface area (Å²) in [7, 11) is 1.67. The van der Waals surface area contributed by atoms with Gasteiger partial charge in [-0.05, 0) is 24.0 Å². The molecule has 2 aromatic rings. The van der Waals surface area contributed by atoms with Crippen LogP contribution in [-0.2, 0) is 20.9 Å². The lowest BCUT2D eigenvalue weighted by Gasteiger charge is -2.30. The molecule has 0 saturated carbocycles. The van der Waals surface area contributed by atoms with Gasteiger partial charge in [-0.1, -0.05) is 66.7 Å². The number of allylic oxidation sites excluding steroid dienone is 1. The third-order valence-electron chi connectivity index (χ3n) is 5.34. The standard InChI is InChI=1S/C24H29NO3/c1-3-20(21-12-8-5-9-13-21)16-23(26)25-22(14-15-24(25)27-2)18-28-17-19-10-6-4-7-11-19/h3-13,20,22,24H,1,14-18H2,2H3/t20?,22-,24?/m0/s1. The Morgan fingerprint density at radius 1 is 1.14 bits per heavy atom. The Kier molecular flexibility index (Phi) is 7.40. The van der Waals surface area contributed by atoms with Crippen molar-refractivity contribution in [2.75, 3.05) is 13.7 Å². The van der Waals surface area contributed by atoms with Gasteiger partial charge in [-0.3, -0.25) is 4.79 Å². The minimum atomic E-state index is -0.181. The quantitative estimate of drug-likeness (QED) is 0.601. The zero-order valence-electron chi connectivity index (χ0n) is 16.5. The van der Waals surface area contributed by atoms with Crippen LogP contribution in [0.15, 0.2) is 73.3 Å². The van der Waals surface area contributed by atoms with E-state index in [4.69, 9.17) is 9.47 Å². The first-order chi connectivity index (χ1) is 13.7. The second-order valence-electron chi connectivity index (χ2n) is 7.18. The molecule has 2 aromatic carbocycles. The van der Waals surface area contributed by atoms with E-state index in [0.717, 1.165) is 24.0 Å². The third-order valence-corrected chi connectivity index (χ3v) is 5.34. The minimum absolute atomic E-state index is 0.00214. The van der Waals surface area contributed by atoms with Crippen molar-refractivity contribution in [2.24, 2.45) is 0 Å². The van der Waals surface area contributed by atoms with Gasteiger partial charge in [-0.15, -0.1) is 6.58 Å². The predicted molar refractivity (Wildman–Crippen MR) is 111 cm³/mol. The Hall–Kier alpha value is -2.43. The second kappa shape index (κ2) is 10.2. The number of methoxy groups -OCH3 is 1. The highest BCUT2D eigenvalue weighted by Crippen LogP contribution is 2.29. The maximum absolute atomic E-state index is 13.1. The fraction of sp³-hybridized carbons (Fsp3) is 0.375. The average Bonchev–Trinajstić information content (AvgIpc) is 3.16. The number of carbonyl (C=O) groups excluding carboxylic acids is 1. The largest absolute Gasteiger partial charge is 0.375 e. The van der Waals surface area contributed by atoms with Crippen molar-refractivity contribution in [1.29, 1.82) is 0 Å². The number of carbonyl (C=O) groups is 1. The van der Waals surface area contributed by atoms with Gasteiger partial charge in [0, 0.05) is 19.4 Å². The highest BCUT2D eigenvalue weighted by Gasteiger charge is 2.37. The van der Waals surface area contributed by atoms with Crippen LogP contribution in [0.3, 0.4) is 0 Å². The number of amides is 1. The Bertz CT molecular complexity index is 747. The van der Waals surface area contributed by atoms with Crippen molar-refractivity contribution in [2.45, 2.75) is 44.1 Å². The number of benzene rings is 2. The Labute approximate surface area is 167 Å². The molecule has 0 radical (unpaired) electrons. The van der Waals surface area contributed by atoms with E-state index in [2.05, 4.69) is 6.58 Å². The molecule has 1 saturated heterocycles. The van der Waals surface area contributed by atoms with Crippen molar-refractivity contribution >= 4 is 5.91 Å². The minimum Gasteiger partial charge on any atom is -0.375 e. The first kappa shape index (κ1) is 20.3. The number of hydrogen-bond donors (Lipinski definition) is 0. The van der Waals surface area contributed by atoms with Crippen LogP contribution in [0, 0.1) is 0 Å². The van der Waals surface area contributed by atoms with E-state index in [-0.39, 0.29) is 24.1 Å². The molecule has 1 amide bonds. The lowest BCUT2D eigenvalue weighted by atomic mass is 9.95. The molecule has 0 bridgehead atoms. The van der Waals surface area contributed by atoms with E-state index in [1.807, 2.05) is 71.6 Å². The van der Waals surface area contributed by atoms with Gasteiger partial charge >= 0.3 is 0 Å². The maximum Gasteiger partial charge on any atom is 0.225 e. The number of ether oxygens (including phenoxy) is 2. The molecular weight excluding hydrogens is 350 g/mol. The molecule has 28 heavy (non-hydrogen) atoms. The van der Waals surface area contributed by atoms with Gasteiger partial charge < -0.3 is 14.4 Å². The molecule has 148 valence electrons. The van der Waals surface area contributed by atoms with E-state index in [1.54, 1.807) is 7.11 Å². The van der Waals surface area contributed by atoms with E-state index in [9.17, 15) is 4.79 Å². The number of nitrogens with zero attached hydrogens (tertiary/aromatic N) is 1. The third kappa shape index (κ3) is 5.09. The summed E-state index contributed by atoms with van der Waals surface area (Å²) < 4.78 is 11.5. The monoisotopic (exact) mass is 379 g/mol. The van der Waals surface area contributed by atoms with Gasteiger partial charge in [0.2, 0.25) is 5.91 Å². The second-order valence-corrected chi connectivity index (χ2v) is 7.18. The zero-order valence-corrected chi connectivity index (χ0v) is 16.5. The average molecular weight is 380 g/mol. The van der Waals surface area contributed by atoms with Gasteiger partial charge in [0.05, 0.1) is 19.3 Å². The lowest BCUT2D eigenvalue weighted by Crippen LogP contribution is -2.44. The van der Waals surface area contributed by atoms with Crippen LogP contribution in [0.1, 0.15) is 36.3 Å². The summed E-state index contributed by atoms with van der Waals surface area (Å²) in [6.45, 7) is 5.00. The maximum atomic E-state index is 13.1. The van der Waals surface area contributed by atoms with Gasteiger partial charge in [-0.2, -0.15) is 0 Å². The van der Waals surface area contributed by atoms with Crippen molar-refractivity contribution in [3.63, 3.8) is 0 Å². The molecule has 4 nitrogen and oxygen atoms in total. The molecule has 3 rings (SSSR count). The van der Waals surface area contributed by atoms with E-state index < -0.39 is 0 Å². The molecule has 1 aliphatic rings. The van der Waals surface area contributed by atoms with Gasteiger partial charge in [0.1, 0.15) is 6.23 Å². The molecular formula is C24H29NO3. The summed E-state index contributed by atoms with van der Waals surface area (Å²) in [6, 6.07) is 20.2. The van der Waals surface area contributed by atoms with Crippen LogP contribution < -0.4 is 0 Å². The summed E-state index contributed by atoms with van der Waals surface area (Å²) in [5, 5.41) is 0. The van der Waals surface area contributed by atoms with Gasteiger partial charge in [0.25, 0.3) is 0 Å². The molecule has 0 aliphatic carbocycles. The number of hydrogen-bond acceptors (Lipinski definition) is 3.